The molecule has 146 valence electrons. The summed E-state index contributed by atoms with van der Waals surface area (Å²) in [5.74, 6) is -1.88. The maximum absolute atomic E-state index is 15.2. The van der Waals surface area contributed by atoms with Crippen LogP contribution < -0.4 is 10.6 Å². The molecule has 4 rings (SSSR count). The largest absolute Gasteiger partial charge is 0.385 e. The van der Waals surface area contributed by atoms with E-state index in [-0.39, 0.29) is 54.4 Å². The number of imide groups is 1. The second kappa shape index (κ2) is 7.18. The molecule has 0 radical (unpaired) electrons. The second-order valence-electron chi connectivity index (χ2n) is 7.13. The van der Waals surface area contributed by atoms with E-state index in [1.807, 2.05) is 0 Å². The predicted octanol–water partition coefficient (Wildman–Crippen LogP) is 0.579. The molecule has 3 heterocycles. The SMILES string of the molecule is Cl.O=C1CCC(N2Cc3c(ccc(C4(O)CCNCC4)c3F)C2=O)C(=O)N1. The van der Waals surface area contributed by atoms with Crippen molar-refractivity contribution in [3.63, 3.8) is 0 Å². The Morgan fingerprint density at radius 3 is 2.56 bits per heavy atom. The number of amides is 3. The van der Waals surface area contributed by atoms with Gasteiger partial charge in [0.15, 0.2) is 0 Å². The number of piperidine rings is 2. The van der Waals surface area contributed by atoms with Crippen LogP contribution in [0.25, 0.3) is 0 Å². The van der Waals surface area contributed by atoms with E-state index in [2.05, 4.69) is 10.6 Å². The number of halogens is 2. The van der Waals surface area contributed by atoms with Gasteiger partial charge in [0.25, 0.3) is 5.91 Å². The van der Waals surface area contributed by atoms with Crippen LogP contribution in [-0.4, -0.2) is 46.9 Å². The molecule has 9 heteroatoms. The van der Waals surface area contributed by atoms with Gasteiger partial charge in [-0.15, -0.1) is 12.4 Å². The molecule has 2 fully saturated rings. The molecule has 1 aromatic rings. The first-order valence-corrected chi connectivity index (χ1v) is 8.80. The lowest BCUT2D eigenvalue weighted by Crippen LogP contribution is -2.52. The van der Waals surface area contributed by atoms with Crippen molar-refractivity contribution in [3.8, 4) is 0 Å². The van der Waals surface area contributed by atoms with Crippen LogP contribution in [0.2, 0.25) is 0 Å². The Morgan fingerprint density at radius 2 is 1.89 bits per heavy atom. The minimum Gasteiger partial charge on any atom is -0.385 e. The third-order valence-electron chi connectivity index (χ3n) is 5.58. The smallest absolute Gasteiger partial charge is 0.255 e. The highest BCUT2D eigenvalue weighted by Gasteiger charge is 2.42. The number of hydrogen-bond acceptors (Lipinski definition) is 5. The van der Waals surface area contributed by atoms with Gasteiger partial charge in [-0.1, -0.05) is 6.07 Å². The van der Waals surface area contributed by atoms with Gasteiger partial charge in [0.05, 0.1) is 12.1 Å². The molecule has 1 unspecified atom stereocenters. The average molecular weight is 398 g/mol. The lowest BCUT2D eigenvalue weighted by atomic mass is 9.83. The summed E-state index contributed by atoms with van der Waals surface area (Å²) in [6.45, 7) is 1.15. The Kier molecular flexibility index (Phi) is 5.24. The number of hydrogen-bond donors (Lipinski definition) is 3. The van der Waals surface area contributed by atoms with E-state index in [0.717, 1.165) is 0 Å². The average Bonchev–Trinajstić information content (AvgIpc) is 2.94. The van der Waals surface area contributed by atoms with Gasteiger partial charge in [-0.05, 0) is 38.4 Å². The maximum Gasteiger partial charge on any atom is 0.255 e. The van der Waals surface area contributed by atoms with Gasteiger partial charge in [-0.3, -0.25) is 19.7 Å². The minimum absolute atomic E-state index is 0. The summed E-state index contributed by atoms with van der Waals surface area (Å²) in [4.78, 5) is 37.4. The highest BCUT2D eigenvalue weighted by atomic mass is 35.5. The Bertz CT molecular complexity index is 810. The van der Waals surface area contributed by atoms with Crippen molar-refractivity contribution in [2.75, 3.05) is 13.1 Å². The van der Waals surface area contributed by atoms with Crippen LogP contribution in [0, 0.1) is 5.82 Å². The summed E-state index contributed by atoms with van der Waals surface area (Å²) in [6.07, 6.45) is 1.17. The van der Waals surface area contributed by atoms with E-state index >= 15 is 4.39 Å². The van der Waals surface area contributed by atoms with Gasteiger partial charge >= 0.3 is 0 Å². The Morgan fingerprint density at radius 1 is 1.19 bits per heavy atom. The zero-order valence-corrected chi connectivity index (χ0v) is 15.4. The van der Waals surface area contributed by atoms with Crippen LogP contribution in [0.5, 0.6) is 0 Å². The summed E-state index contributed by atoms with van der Waals surface area (Å²) in [7, 11) is 0. The third-order valence-corrected chi connectivity index (χ3v) is 5.58. The van der Waals surface area contributed by atoms with E-state index < -0.39 is 29.3 Å². The lowest BCUT2D eigenvalue weighted by molar-refractivity contribution is -0.136. The number of carbonyl (C=O) groups is 3. The number of fused-ring (bicyclic) bond motifs is 1. The quantitative estimate of drug-likeness (QED) is 0.634. The van der Waals surface area contributed by atoms with Crippen molar-refractivity contribution in [2.24, 2.45) is 0 Å². The lowest BCUT2D eigenvalue weighted by Gasteiger charge is -2.33. The van der Waals surface area contributed by atoms with Crippen molar-refractivity contribution >= 4 is 30.1 Å². The Balaban J connectivity index is 0.00000210. The van der Waals surface area contributed by atoms with E-state index in [1.54, 1.807) is 0 Å². The van der Waals surface area contributed by atoms with Gasteiger partial charge in [0.1, 0.15) is 11.9 Å². The van der Waals surface area contributed by atoms with Gasteiger partial charge in [0, 0.05) is 23.1 Å². The van der Waals surface area contributed by atoms with E-state index in [4.69, 9.17) is 0 Å². The fraction of sp³-hybridized carbons (Fsp3) is 0.500. The summed E-state index contributed by atoms with van der Waals surface area (Å²) >= 11 is 0. The number of benzene rings is 1. The van der Waals surface area contributed by atoms with Crippen molar-refractivity contribution in [1.82, 2.24) is 15.5 Å². The van der Waals surface area contributed by atoms with Gasteiger partial charge in [-0.25, -0.2) is 4.39 Å². The van der Waals surface area contributed by atoms with Crippen LogP contribution in [0.4, 0.5) is 4.39 Å². The zero-order chi connectivity index (χ0) is 18.5. The first-order valence-electron chi connectivity index (χ1n) is 8.80. The van der Waals surface area contributed by atoms with Crippen LogP contribution in [-0.2, 0) is 21.7 Å². The highest BCUT2D eigenvalue weighted by Crippen LogP contribution is 2.37. The number of nitrogens with zero attached hydrogens (tertiary/aromatic N) is 1. The summed E-state index contributed by atoms with van der Waals surface area (Å²) in [5, 5.41) is 16.2. The molecule has 3 aliphatic heterocycles. The molecule has 27 heavy (non-hydrogen) atoms. The molecule has 0 bridgehead atoms. The van der Waals surface area contributed by atoms with Crippen LogP contribution in [0.1, 0.15) is 47.2 Å². The molecular weight excluding hydrogens is 377 g/mol. The number of rotatable bonds is 2. The van der Waals surface area contributed by atoms with Gasteiger partial charge < -0.3 is 15.3 Å². The van der Waals surface area contributed by atoms with E-state index in [9.17, 15) is 19.5 Å². The molecular formula is C18H21ClFN3O4. The number of carbonyl (C=O) groups excluding carboxylic acids is 3. The number of aliphatic hydroxyl groups is 1. The maximum atomic E-state index is 15.2. The molecule has 0 aromatic heterocycles. The number of nitrogens with one attached hydrogen (secondary N) is 2. The minimum atomic E-state index is -1.25. The molecule has 7 nitrogen and oxygen atoms in total. The molecule has 3 amide bonds. The fourth-order valence-corrected chi connectivity index (χ4v) is 4.07. The molecule has 2 saturated heterocycles. The van der Waals surface area contributed by atoms with E-state index in [1.165, 1.54) is 17.0 Å². The van der Waals surface area contributed by atoms with Crippen LogP contribution >= 0.6 is 12.4 Å². The molecule has 0 saturated carbocycles. The van der Waals surface area contributed by atoms with Crippen molar-refractivity contribution in [3.05, 3.63) is 34.6 Å². The molecule has 3 aliphatic rings. The van der Waals surface area contributed by atoms with Gasteiger partial charge in [0.2, 0.25) is 11.8 Å². The second-order valence-corrected chi connectivity index (χ2v) is 7.13. The van der Waals surface area contributed by atoms with Crippen molar-refractivity contribution < 1.29 is 23.9 Å². The van der Waals surface area contributed by atoms with Crippen molar-refractivity contribution in [2.45, 2.75) is 43.9 Å². The fourth-order valence-electron chi connectivity index (χ4n) is 4.07. The predicted molar refractivity (Wildman–Crippen MR) is 95.7 cm³/mol. The molecule has 0 aliphatic carbocycles. The van der Waals surface area contributed by atoms with Crippen LogP contribution in [0.15, 0.2) is 12.1 Å². The monoisotopic (exact) mass is 397 g/mol. The molecule has 0 spiro atoms. The zero-order valence-electron chi connectivity index (χ0n) is 14.6. The Hall–Kier alpha value is -2.03. The topological polar surface area (TPSA) is 98.7 Å². The highest BCUT2D eigenvalue weighted by molar-refractivity contribution is 6.05. The normalized spacial score (nSPS) is 24.3. The Labute approximate surface area is 161 Å². The van der Waals surface area contributed by atoms with E-state index in [0.29, 0.717) is 25.9 Å². The van der Waals surface area contributed by atoms with Gasteiger partial charge in [-0.2, -0.15) is 0 Å². The molecule has 1 atom stereocenters. The molecule has 3 N–H and O–H groups in total. The van der Waals surface area contributed by atoms with Crippen molar-refractivity contribution in [1.29, 1.82) is 0 Å². The third kappa shape index (κ3) is 3.22. The summed E-state index contributed by atoms with van der Waals surface area (Å²) < 4.78 is 15.2. The first kappa shape index (κ1) is 19.7. The summed E-state index contributed by atoms with van der Waals surface area (Å²) in [5.41, 5.74) is -0.622. The van der Waals surface area contributed by atoms with Crippen LogP contribution in [0.3, 0.4) is 0 Å². The summed E-state index contributed by atoms with van der Waals surface area (Å²) in [6, 6.07) is 2.23. The standard InChI is InChI=1S/C18H20FN3O4.ClH/c19-15-11-9-22(13-3-4-14(23)21-16(13)24)17(25)10(11)1-2-12(15)18(26)5-7-20-8-6-18;/h1-2,13,20,26H,3-9H2,(H,21,23,24);1H. The first-order chi connectivity index (χ1) is 12.4. The molecule has 1 aromatic carbocycles.